The van der Waals surface area contributed by atoms with Crippen LogP contribution in [0.1, 0.15) is 39.1 Å². The molecule has 11 heteroatoms. The minimum Gasteiger partial charge on any atom is -0.310 e. The van der Waals surface area contributed by atoms with E-state index in [0.29, 0.717) is 25.2 Å². The van der Waals surface area contributed by atoms with E-state index in [2.05, 4.69) is 10.6 Å². The SMILES string of the molecule is O=C1CCC(N2C(=O)c3cccc(CN4CCN[C@H]5CS(=O)(=O)C[C@H]54)c3C2=O)C(=O)N1. The van der Waals surface area contributed by atoms with E-state index in [1.165, 1.54) is 0 Å². The van der Waals surface area contributed by atoms with Gasteiger partial charge in [0, 0.05) is 38.1 Å². The van der Waals surface area contributed by atoms with Crippen LogP contribution in [0.4, 0.5) is 0 Å². The summed E-state index contributed by atoms with van der Waals surface area (Å²) in [4.78, 5) is 53.0. The Hall–Kier alpha value is -2.63. The molecule has 3 atom stereocenters. The molecule has 0 saturated carbocycles. The highest BCUT2D eigenvalue weighted by molar-refractivity contribution is 7.91. The monoisotopic (exact) mass is 446 g/mol. The summed E-state index contributed by atoms with van der Waals surface area (Å²) in [5, 5.41) is 5.45. The smallest absolute Gasteiger partial charge is 0.262 e. The summed E-state index contributed by atoms with van der Waals surface area (Å²) in [7, 11) is -3.12. The number of carbonyl (C=O) groups is 4. The lowest BCUT2D eigenvalue weighted by atomic mass is 10.00. The van der Waals surface area contributed by atoms with Gasteiger partial charge in [0.25, 0.3) is 11.8 Å². The van der Waals surface area contributed by atoms with Gasteiger partial charge in [-0.25, -0.2) is 8.42 Å². The van der Waals surface area contributed by atoms with Gasteiger partial charge < -0.3 is 5.32 Å². The molecule has 4 heterocycles. The van der Waals surface area contributed by atoms with Gasteiger partial charge in [0.15, 0.2) is 9.84 Å². The molecule has 3 fully saturated rings. The molecule has 3 saturated heterocycles. The Balaban J connectivity index is 1.43. The average Bonchev–Trinajstić information content (AvgIpc) is 3.16. The van der Waals surface area contributed by atoms with Crippen LogP contribution < -0.4 is 10.6 Å². The average molecular weight is 446 g/mol. The number of amides is 4. The number of nitrogens with one attached hydrogen (secondary N) is 2. The predicted octanol–water partition coefficient (Wildman–Crippen LogP) is -1.34. The van der Waals surface area contributed by atoms with Crippen molar-refractivity contribution in [1.82, 2.24) is 20.4 Å². The molecule has 0 spiro atoms. The fourth-order valence-corrected chi connectivity index (χ4v) is 7.06. The fourth-order valence-electron chi connectivity index (χ4n) is 5.08. The Labute approximate surface area is 178 Å². The van der Waals surface area contributed by atoms with Crippen molar-refractivity contribution >= 4 is 33.5 Å². The Morgan fingerprint density at radius 2 is 1.87 bits per heavy atom. The molecule has 1 aromatic carbocycles. The molecule has 4 aliphatic rings. The maximum atomic E-state index is 13.2. The Bertz CT molecular complexity index is 1120. The Morgan fingerprint density at radius 1 is 1.06 bits per heavy atom. The predicted molar refractivity (Wildman–Crippen MR) is 108 cm³/mol. The maximum Gasteiger partial charge on any atom is 0.262 e. The molecule has 164 valence electrons. The van der Waals surface area contributed by atoms with Crippen LogP contribution in [0.15, 0.2) is 18.2 Å². The first-order valence-corrected chi connectivity index (χ1v) is 12.1. The highest BCUT2D eigenvalue weighted by Crippen LogP contribution is 2.32. The molecular formula is C20H22N4O6S. The highest BCUT2D eigenvalue weighted by atomic mass is 32.2. The number of carbonyl (C=O) groups excluding carboxylic acids is 4. The van der Waals surface area contributed by atoms with Gasteiger partial charge in [-0.1, -0.05) is 12.1 Å². The lowest BCUT2D eigenvalue weighted by Crippen LogP contribution is -2.56. The molecule has 31 heavy (non-hydrogen) atoms. The van der Waals surface area contributed by atoms with Crippen molar-refractivity contribution in [2.45, 2.75) is 37.5 Å². The van der Waals surface area contributed by atoms with Crippen molar-refractivity contribution in [1.29, 1.82) is 0 Å². The van der Waals surface area contributed by atoms with Crippen LogP contribution in [0.3, 0.4) is 0 Å². The normalized spacial score (nSPS) is 30.3. The molecule has 0 aromatic heterocycles. The van der Waals surface area contributed by atoms with Crippen LogP contribution in [0.5, 0.6) is 0 Å². The molecule has 5 rings (SSSR count). The van der Waals surface area contributed by atoms with Gasteiger partial charge >= 0.3 is 0 Å². The van der Waals surface area contributed by atoms with Gasteiger partial charge in [-0.05, 0) is 18.1 Å². The largest absolute Gasteiger partial charge is 0.310 e. The second-order valence-electron chi connectivity index (χ2n) is 8.46. The molecule has 0 bridgehead atoms. The van der Waals surface area contributed by atoms with Crippen LogP contribution in [0, 0.1) is 0 Å². The lowest BCUT2D eigenvalue weighted by Gasteiger charge is -2.37. The second kappa shape index (κ2) is 7.21. The lowest BCUT2D eigenvalue weighted by molar-refractivity contribution is -0.136. The number of piperazine rings is 1. The zero-order valence-electron chi connectivity index (χ0n) is 16.7. The molecule has 10 nitrogen and oxygen atoms in total. The van der Waals surface area contributed by atoms with Crippen molar-refractivity contribution in [3.63, 3.8) is 0 Å². The zero-order chi connectivity index (χ0) is 21.9. The van der Waals surface area contributed by atoms with E-state index in [-0.39, 0.29) is 47.6 Å². The molecule has 2 N–H and O–H groups in total. The molecule has 1 aromatic rings. The second-order valence-corrected chi connectivity index (χ2v) is 10.6. The van der Waals surface area contributed by atoms with E-state index in [9.17, 15) is 27.6 Å². The quantitative estimate of drug-likeness (QED) is 0.545. The number of nitrogens with zero attached hydrogens (tertiary/aromatic N) is 2. The molecule has 4 amide bonds. The highest BCUT2D eigenvalue weighted by Gasteiger charge is 2.47. The standard InChI is InChI=1S/C20H22N4O6S/c25-16-5-4-14(18(26)22-16)24-19(27)12-3-1-2-11(17(12)20(24)28)8-23-7-6-21-13-9-31(29,30)10-15(13)23/h1-3,13-15,21H,4-10H2,(H,22,25,26)/t13-,14?,15+/m0/s1. The number of hydrogen-bond acceptors (Lipinski definition) is 8. The first kappa shape index (κ1) is 20.3. The van der Waals surface area contributed by atoms with E-state index >= 15 is 0 Å². The Kier molecular flexibility index (Phi) is 4.72. The van der Waals surface area contributed by atoms with Crippen LogP contribution in [0.25, 0.3) is 0 Å². The number of imide groups is 2. The topological polar surface area (TPSA) is 133 Å². The third kappa shape index (κ3) is 3.36. The van der Waals surface area contributed by atoms with Crippen LogP contribution in [-0.2, 0) is 26.0 Å². The minimum atomic E-state index is -3.12. The number of benzene rings is 1. The van der Waals surface area contributed by atoms with Crippen LogP contribution >= 0.6 is 0 Å². The van der Waals surface area contributed by atoms with Crippen LogP contribution in [0.2, 0.25) is 0 Å². The van der Waals surface area contributed by atoms with E-state index in [1.54, 1.807) is 18.2 Å². The zero-order valence-corrected chi connectivity index (χ0v) is 17.5. The summed E-state index contributed by atoms with van der Waals surface area (Å²) >= 11 is 0. The van der Waals surface area contributed by atoms with E-state index in [1.807, 2.05) is 4.90 Å². The summed E-state index contributed by atoms with van der Waals surface area (Å²) in [6, 6.07) is 3.67. The Morgan fingerprint density at radius 3 is 2.65 bits per heavy atom. The summed E-state index contributed by atoms with van der Waals surface area (Å²) < 4.78 is 24.2. The molecule has 1 unspecified atom stereocenters. The van der Waals surface area contributed by atoms with Crippen molar-refractivity contribution in [2.75, 3.05) is 24.6 Å². The summed E-state index contributed by atoms with van der Waals surface area (Å²) in [6.07, 6.45) is 0.167. The molecule has 0 radical (unpaired) electrons. The van der Waals surface area contributed by atoms with Gasteiger partial charge in [-0.3, -0.25) is 34.3 Å². The molecule has 4 aliphatic heterocycles. The number of piperidine rings is 1. The third-order valence-corrected chi connectivity index (χ3v) is 8.24. The van der Waals surface area contributed by atoms with Gasteiger partial charge in [-0.2, -0.15) is 0 Å². The number of hydrogen-bond donors (Lipinski definition) is 2. The van der Waals surface area contributed by atoms with Crippen molar-refractivity contribution in [3.8, 4) is 0 Å². The van der Waals surface area contributed by atoms with Crippen LogP contribution in [-0.4, -0.2) is 84.6 Å². The first-order chi connectivity index (χ1) is 14.7. The summed E-state index contributed by atoms with van der Waals surface area (Å²) in [5.74, 6) is -1.99. The fraction of sp³-hybridized carbons (Fsp3) is 0.500. The van der Waals surface area contributed by atoms with Gasteiger partial charge in [0.2, 0.25) is 11.8 Å². The number of sulfone groups is 1. The molecule has 0 aliphatic carbocycles. The first-order valence-electron chi connectivity index (χ1n) is 10.3. The maximum absolute atomic E-state index is 13.2. The van der Waals surface area contributed by atoms with E-state index in [4.69, 9.17) is 0 Å². The van der Waals surface area contributed by atoms with E-state index < -0.39 is 39.5 Å². The van der Waals surface area contributed by atoms with Crippen molar-refractivity contribution in [3.05, 3.63) is 34.9 Å². The molecular weight excluding hydrogens is 424 g/mol. The number of rotatable bonds is 3. The van der Waals surface area contributed by atoms with Crippen molar-refractivity contribution in [2.24, 2.45) is 0 Å². The third-order valence-electron chi connectivity index (χ3n) is 6.53. The van der Waals surface area contributed by atoms with E-state index in [0.717, 1.165) is 4.90 Å². The summed E-state index contributed by atoms with van der Waals surface area (Å²) in [5.41, 5.74) is 1.13. The van der Waals surface area contributed by atoms with Gasteiger partial charge in [-0.15, -0.1) is 0 Å². The minimum absolute atomic E-state index is 0.0645. The number of fused-ring (bicyclic) bond motifs is 2. The summed E-state index contributed by atoms with van der Waals surface area (Å²) in [6.45, 7) is 1.60. The van der Waals surface area contributed by atoms with Gasteiger partial charge in [0.1, 0.15) is 6.04 Å². The van der Waals surface area contributed by atoms with Gasteiger partial charge in [0.05, 0.1) is 22.6 Å². The van der Waals surface area contributed by atoms with Crippen molar-refractivity contribution < 1.29 is 27.6 Å².